The largest absolute Gasteiger partial charge is 0.506 e. The molecule has 3 aromatic rings. The van der Waals surface area contributed by atoms with Crippen molar-refractivity contribution in [1.82, 2.24) is 14.9 Å². The van der Waals surface area contributed by atoms with Crippen LogP contribution in [-0.4, -0.2) is 26.2 Å². The summed E-state index contributed by atoms with van der Waals surface area (Å²) < 4.78 is 3.96. The maximum Gasteiger partial charge on any atom is 0.212 e. The van der Waals surface area contributed by atoms with Gasteiger partial charge in [-0.1, -0.05) is 39.8 Å². The first-order valence-electron chi connectivity index (χ1n) is 7.45. The highest BCUT2D eigenvalue weighted by atomic mass is 79.9. The number of halogens is 3. The van der Waals surface area contributed by atoms with Crippen molar-refractivity contribution < 1.29 is 5.11 Å². The standard InChI is InChI=1S/C17H13Br3N4OS/c1-10-22-23-17(26-9-11-2-4-13(18)5-3-11)24(10)21-8-12-6-14(19)16(25)15(20)7-12/h2-8,25H,9H2,1H3/b21-8+. The number of thioether (sulfide) groups is 1. The Bertz CT molecular complexity index is 934. The lowest BCUT2D eigenvalue weighted by molar-refractivity contribution is 0.468. The fourth-order valence-corrected chi connectivity index (χ4v) is 4.45. The molecule has 3 rings (SSSR count). The van der Waals surface area contributed by atoms with Gasteiger partial charge in [0.05, 0.1) is 15.2 Å². The molecule has 0 aliphatic carbocycles. The molecule has 0 saturated heterocycles. The van der Waals surface area contributed by atoms with Gasteiger partial charge in [0.1, 0.15) is 5.75 Å². The van der Waals surface area contributed by atoms with E-state index in [4.69, 9.17) is 0 Å². The minimum atomic E-state index is 0.161. The first kappa shape index (κ1) is 19.6. The number of hydrogen-bond donors (Lipinski definition) is 1. The molecule has 0 aliphatic rings. The average molecular weight is 561 g/mol. The molecular formula is C17H13Br3N4OS. The predicted octanol–water partition coefficient (Wildman–Crippen LogP) is 5.75. The third kappa shape index (κ3) is 4.76. The summed E-state index contributed by atoms with van der Waals surface area (Å²) in [5, 5.41) is 23.3. The minimum Gasteiger partial charge on any atom is -0.506 e. The van der Waals surface area contributed by atoms with Crippen LogP contribution in [0.5, 0.6) is 5.75 Å². The van der Waals surface area contributed by atoms with Crippen molar-refractivity contribution in [3.05, 3.63) is 66.8 Å². The molecule has 0 aliphatic heterocycles. The molecule has 9 heteroatoms. The van der Waals surface area contributed by atoms with Gasteiger partial charge in [-0.25, -0.2) is 0 Å². The van der Waals surface area contributed by atoms with E-state index in [1.54, 1.807) is 34.8 Å². The highest BCUT2D eigenvalue weighted by Crippen LogP contribution is 2.33. The Balaban J connectivity index is 1.78. The summed E-state index contributed by atoms with van der Waals surface area (Å²) in [6.45, 7) is 1.86. The highest BCUT2D eigenvalue weighted by molar-refractivity contribution is 9.11. The van der Waals surface area contributed by atoms with Gasteiger partial charge in [0.25, 0.3) is 0 Å². The van der Waals surface area contributed by atoms with Gasteiger partial charge in [0.2, 0.25) is 5.16 Å². The third-order valence-electron chi connectivity index (χ3n) is 3.41. The summed E-state index contributed by atoms with van der Waals surface area (Å²) in [5.74, 6) is 1.64. The summed E-state index contributed by atoms with van der Waals surface area (Å²) in [6.07, 6.45) is 1.70. The van der Waals surface area contributed by atoms with Gasteiger partial charge in [-0.3, -0.25) is 0 Å². The Hall–Kier alpha value is -1.16. The summed E-state index contributed by atoms with van der Waals surface area (Å²) in [5.41, 5.74) is 2.03. The Morgan fingerprint density at radius 2 is 1.77 bits per heavy atom. The predicted molar refractivity (Wildman–Crippen MR) is 115 cm³/mol. The van der Waals surface area contributed by atoms with Crippen LogP contribution >= 0.6 is 59.6 Å². The van der Waals surface area contributed by atoms with Gasteiger partial charge in [-0.15, -0.1) is 10.2 Å². The van der Waals surface area contributed by atoms with Crippen LogP contribution in [0.25, 0.3) is 0 Å². The van der Waals surface area contributed by atoms with Crippen LogP contribution in [0.15, 0.2) is 60.1 Å². The fraction of sp³-hybridized carbons (Fsp3) is 0.118. The highest BCUT2D eigenvalue weighted by Gasteiger charge is 2.09. The summed E-state index contributed by atoms with van der Waals surface area (Å²) >= 11 is 11.7. The van der Waals surface area contributed by atoms with Crippen molar-refractivity contribution in [2.45, 2.75) is 17.8 Å². The Kier molecular flexibility index (Phi) is 6.55. The number of aryl methyl sites for hydroxylation is 1. The van der Waals surface area contributed by atoms with Crippen LogP contribution in [0.4, 0.5) is 0 Å². The second-order valence-corrected chi connectivity index (χ2v) is 8.90. The number of phenols is 1. The molecule has 0 saturated carbocycles. The van der Waals surface area contributed by atoms with E-state index < -0.39 is 0 Å². The summed E-state index contributed by atoms with van der Waals surface area (Å²) in [7, 11) is 0. The lowest BCUT2D eigenvalue weighted by Gasteiger charge is -2.04. The van der Waals surface area contributed by atoms with E-state index in [0.717, 1.165) is 20.9 Å². The number of phenolic OH excluding ortho intramolecular Hbond substituents is 1. The molecule has 0 unspecified atom stereocenters. The maximum atomic E-state index is 9.80. The lowest BCUT2D eigenvalue weighted by Crippen LogP contribution is -1.96. The van der Waals surface area contributed by atoms with Crippen LogP contribution < -0.4 is 0 Å². The number of benzene rings is 2. The Morgan fingerprint density at radius 3 is 2.42 bits per heavy atom. The van der Waals surface area contributed by atoms with Crippen LogP contribution in [0.1, 0.15) is 17.0 Å². The van der Waals surface area contributed by atoms with E-state index in [0.29, 0.717) is 14.8 Å². The number of rotatable bonds is 5. The normalized spacial score (nSPS) is 11.4. The average Bonchev–Trinajstić information content (AvgIpc) is 2.97. The van der Waals surface area contributed by atoms with Gasteiger partial charge < -0.3 is 5.11 Å². The van der Waals surface area contributed by atoms with Crippen LogP contribution in [0.3, 0.4) is 0 Å². The zero-order valence-electron chi connectivity index (χ0n) is 13.5. The molecule has 1 N–H and O–H groups in total. The molecule has 0 bridgehead atoms. The number of hydrogen-bond acceptors (Lipinski definition) is 5. The third-order valence-corrected chi connectivity index (χ3v) is 6.14. The molecule has 134 valence electrons. The zero-order valence-corrected chi connectivity index (χ0v) is 19.1. The molecule has 1 aromatic heterocycles. The molecule has 0 fully saturated rings. The number of aromatic hydroxyl groups is 1. The van der Waals surface area contributed by atoms with Gasteiger partial charge in [0, 0.05) is 10.2 Å². The topological polar surface area (TPSA) is 63.3 Å². The van der Waals surface area contributed by atoms with Crippen LogP contribution in [0.2, 0.25) is 0 Å². The van der Waals surface area contributed by atoms with E-state index in [1.807, 2.05) is 19.1 Å². The second-order valence-electron chi connectivity index (χ2n) is 5.33. The first-order chi connectivity index (χ1) is 12.4. The molecule has 5 nitrogen and oxygen atoms in total. The Labute approximate surface area is 180 Å². The van der Waals surface area contributed by atoms with Crippen molar-refractivity contribution in [3.63, 3.8) is 0 Å². The molecule has 0 spiro atoms. The first-order valence-corrected chi connectivity index (χ1v) is 10.8. The molecule has 26 heavy (non-hydrogen) atoms. The quantitative estimate of drug-likeness (QED) is 0.319. The monoisotopic (exact) mass is 558 g/mol. The van der Waals surface area contributed by atoms with Gasteiger partial charge in [-0.05, 0) is 74.2 Å². The Morgan fingerprint density at radius 1 is 1.12 bits per heavy atom. The number of nitrogens with zero attached hydrogens (tertiary/aromatic N) is 4. The molecule has 0 radical (unpaired) electrons. The van der Waals surface area contributed by atoms with Crippen molar-refractivity contribution in [2.75, 3.05) is 0 Å². The maximum absolute atomic E-state index is 9.80. The minimum absolute atomic E-state index is 0.161. The van der Waals surface area contributed by atoms with E-state index in [1.165, 1.54) is 5.56 Å². The zero-order chi connectivity index (χ0) is 18.7. The van der Waals surface area contributed by atoms with Crippen molar-refractivity contribution >= 4 is 65.8 Å². The van der Waals surface area contributed by atoms with Crippen LogP contribution in [0, 0.1) is 6.92 Å². The molecule has 0 amide bonds. The second kappa shape index (κ2) is 8.69. The van der Waals surface area contributed by atoms with Gasteiger partial charge in [0.15, 0.2) is 5.82 Å². The smallest absolute Gasteiger partial charge is 0.212 e. The van der Waals surface area contributed by atoms with E-state index in [-0.39, 0.29) is 5.75 Å². The van der Waals surface area contributed by atoms with Crippen molar-refractivity contribution in [3.8, 4) is 5.75 Å². The summed E-state index contributed by atoms with van der Waals surface area (Å²) in [4.78, 5) is 0. The van der Waals surface area contributed by atoms with E-state index in [9.17, 15) is 5.11 Å². The van der Waals surface area contributed by atoms with Crippen LogP contribution in [-0.2, 0) is 5.75 Å². The van der Waals surface area contributed by atoms with Gasteiger partial charge >= 0.3 is 0 Å². The van der Waals surface area contributed by atoms with E-state index in [2.05, 4.69) is 75.2 Å². The fourth-order valence-electron chi connectivity index (χ4n) is 2.07. The molecule has 0 atom stereocenters. The van der Waals surface area contributed by atoms with Crippen molar-refractivity contribution in [2.24, 2.45) is 5.10 Å². The lowest BCUT2D eigenvalue weighted by atomic mass is 10.2. The molecule has 2 aromatic carbocycles. The molecular weight excluding hydrogens is 548 g/mol. The summed E-state index contributed by atoms with van der Waals surface area (Å²) in [6, 6.07) is 11.8. The van der Waals surface area contributed by atoms with Gasteiger partial charge in [-0.2, -0.15) is 9.78 Å². The van der Waals surface area contributed by atoms with E-state index >= 15 is 0 Å². The SMILES string of the molecule is Cc1nnc(SCc2ccc(Br)cc2)n1/N=C/c1cc(Br)c(O)c(Br)c1. The molecule has 1 heterocycles. The van der Waals surface area contributed by atoms with Crippen molar-refractivity contribution in [1.29, 1.82) is 0 Å². The number of aromatic nitrogens is 3.